The van der Waals surface area contributed by atoms with Crippen LogP contribution >= 0.6 is 39.2 Å². The second-order valence-electron chi connectivity index (χ2n) is 2.94. The molecule has 9 heteroatoms. The third-order valence-corrected chi connectivity index (χ3v) is 3.97. The fraction of sp³-hybridized carbons (Fsp3) is 0.125. The van der Waals surface area contributed by atoms with Gasteiger partial charge in [-0.25, -0.2) is 9.97 Å². The summed E-state index contributed by atoms with van der Waals surface area (Å²) < 4.78 is 5.22. The molecule has 0 saturated carbocycles. The van der Waals surface area contributed by atoms with Crippen LogP contribution in [-0.2, 0) is 0 Å². The number of halogens is 1. The van der Waals surface area contributed by atoms with E-state index in [9.17, 15) is 10.1 Å². The van der Waals surface area contributed by atoms with Gasteiger partial charge >= 0.3 is 5.69 Å². The molecule has 0 aromatic carbocycles. The van der Waals surface area contributed by atoms with Crippen molar-refractivity contribution in [2.24, 2.45) is 0 Å². The number of hydrogen-bond acceptors (Lipinski definition) is 7. The Kier molecular flexibility index (Phi) is 3.69. The number of pyridine rings is 1. The molecule has 2 aromatic rings. The average Bonchev–Trinajstić information content (AvgIpc) is 2.66. The largest absolute Gasteiger partial charge is 0.302 e. The van der Waals surface area contributed by atoms with Crippen molar-refractivity contribution in [1.82, 2.24) is 14.3 Å². The fourth-order valence-corrected chi connectivity index (χ4v) is 2.96. The van der Waals surface area contributed by atoms with Crippen molar-refractivity contribution in [3.63, 3.8) is 0 Å². The predicted octanol–water partition coefficient (Wildman–Crippen LogP) is 3.06. The maximum absolute atomic E-state index is 10.9. The average molecular weight is 333 g/mol. The molecule has 0 unspecified atom stereocenters. The smallest absolute Gasteiger partial charge is 0.258 e. The molecular weight excluding hydrogens is 328 g/mol. The lowest BCUT2D eigenvalue weighted by molar-refractivity contribution is -0.388. The van der Waals surface area contributed by atoms with Crippen molar-refractivity contribution in [1.29, 1.82) is 0 Å². The van der Waals surface area contributed by atoms with E-state index in [0.29, 0.717) is 19.7 Å². The Morgan fingerprint density at radius 1 is 1.59 bits per heavy atom. The molecule has 0 N–H and O–H groups in total. The molecular formula is C8H5BrN4O2S2. The lowest BCUT2D eigenvalue weighted by Gasteiger charge is -1.99. The zero-order valence-corrected chi connectivity index (χ0v) is 11.7. The SMILES string of the molecule is Cc1nsc(Sc2ncc(Br)cc2[N+](=O)[O-])n1. The van der Waals surface area contributed by atoms with E-state index in [1.165, 1.54) is 23.8 Å². The van der Waals surface area contributed by atoms with Crippen LogP contribution in [0.15, 0.2) is 26.1 Å². The zero-order chi connectivity index (χ0) is 12.4. The van der Waals surface area contributed by atoms with Crippen molar-refractivity contribution >= 4 is 44.9 Å². The summed E-state index contributed by atoms with van der Waals surface area (Å²) in [5.41, 5.74) is -0.0442. The topological polar surface area (TPSA) is 81.8 Å². The maximum atomic E-state index is 10.9. The van der Waals surface area contributed by atoms with Gasteiger partial charge in [-0.15, -0.1) is 0 Å². The second-order valence-corrected chi connectivity index (χ2v) is 5.85. The van der Waals surface area contributed by atoms with Gasteiger partial charge in [-0.2, -0.15) is 4.37 Å². The van der Waals surface area contributed by atoms with E-state index in [2.05, 4.69) is 30.3 Å². The van der Waals surface area contributed by atoms with E-state index in [4.69, 9.17) is 0 Å². The summed E-state index contributed by atoms with van der Waals surface area (Å²) in [7, 11) is 0. The maximum Gasteiger partial charge on any atom is 0.302 e. The van der Waals surface area contributed by atoms with Gasteiger partial charge in [0.25, 0.3) is 0 Å². The van der Waals surface area contributed by atoms with Crippen molar-refractivity contribution < 1.29 is 4.92 Å². The van der Waals surface area contributed by atoms with Gasteiger partial charge in [0.05, 0.1) is 4.92 Å². The van der Waals surface area contributed by atoms with Crippen LogP contribution in [0.4, 0.5) is 5.69 Å². The van der Waals surface area contributed by atoms with E-state index in [1.807, 2.05) is 0 Å². The predicted molar refractivity (Wildman–Crippen MR) is 67.4 cm³/mol. The highest BCUT2D eigenvalue weighted by Crippen LogP contribution is 2.34. The van der Waals surface area contributed by atoms with Crippen LogP contribution in [0.2, 0.25) is 0 Å². The highest BCUT2D eigenvalue weighted by molar-refractivity contribution is 9.10. The number of aromatic nitrogens is 3. The molecule has 0 aliphatic carbocycles. The summed E-state index contributed by atoms with van der Waals surface area (Å²) in [6, 6.07) is 1.42. The Balaban J connectivity index is 2.35. The second kappa shape index (κ2) is 5.07. The quantitative estimate of drug-likeness (QED) is 0.634. The van der Waals surface area contributed by atoms with Crippen molar-refractivity contribution in [2.75, 3.05) is 0 Å². The molecule has 88 valence electrons. The van der Waals surface area contributed by atoms with Crippen LogP contribution in [0.1, 0.15) is 5.82 Å². The van der Waals surface area contributed by atoms with E-state index in [-0.39, 0.29) is 5.69 Å². The van der Waals surface area contributed by atoms with Gasteiger partial charge in [0.15, 0.2) is 9.37 Å². The summed E-state index contributed by atoms with van der Waals surface area (Å²) in [5.74, 6) is 0.650. The molecule has 2 aromatic heterocycles. The minimum atomic E-state index is -0.464. The molecule has 0 saturated heterocycles. The lowest BCUT2D eigenvalue weighted by Crippen LogP contribution is -1.93. The highest BCUT2D eigenvalue weighted by atomic mass is 79.9. The van der Waals surface area contributed by atoms with Gasteiger partial charge in [-0.3, -0.25) is 10.1 Å². The highest BCUT2D eigenvalue weighted by Gasteiger charge is 2.18. The number of nitro groups is 1. The molecule has 0 aliphatic heterocycles. The lowest BCUT2D eigenvalue weighted by atomic mass is 10.4. The van der Waals surface area contributed by atoms with Crippen molar-refractivity contribution in [3.05, 3.63) is 32.7 Å². The van der Waals surface area contributed by atoms with Gasteiger partial charge in [0.2, 0.25) is 0 Å². The van der Waals surface area contributed by atoms with E-state index >= 15 is 0 Å². The molecule has 0 spiro atoms. The Hall–Kier alpha value is -1.06. The van der Waals surface area contributed by atoms with Crippen LogP contribution in [0.25, 0.3) is 0 Å². The number of hydrogen-bond donors (Lipinski definition) is 0. The Morgan fingerprint density at radius 3 is 2.94 bits per heavy atom. The summed E-state index contributed by atoms with van der Waals surface area (Å²) in [5, 5.41) is 11.2. The first kappa shape index (κ1) is 12.4. The van der Waals surface area contributed by atoms with Gasteiger partial charge in [0, 0.05) is 16.7 Å². The monoisotopic (exact) mass is 332 g/mol. The first-order chi connectivity index (χ1) is 8.06. The van der Waals surface area contributed by atoms with E-state index < -0.39 is 4.92 Å². The van der Waals surface area contributed by atoms with Gasteiger partial charge in [-0.05, 0) is 46.1 Å². The Bertz CT molecular complexity index is 574. The summed E-state index contributed by atoms with van der Waals surface area (Å²) in [6.07, 6.45) is 1.52. The summed E-state index contributed by atoms with van der Waals surface area (Å²) in [6.45, 7) is 1.77. The minimum Gasteiger partial charge on any atom is -0.258 e. The van der Waals surface area contributed by atoms with E-state index in [0.717, 1.165) is 11.8 Å². The molecule has 0 aliphatic rings. The number of rotatable bonds is 3. The van der Waals surface area contributed by atoms with Crippen LogP contribution in [0.5, 0.6) is 0 Å². The summed E-state index contributed by atoms with van der Waals surface area (Å²) in [4.78, 5) is 18.5. The van der Waals surface area contributed by atoms with Crippen LogP contribution in [0.3, 0.4) is 0 Å². The first-order valence-electron chi connectivity index (χ1n) is 4.34. The third-order valence-electron chi connectivity index (χ3n) is 1.69. The normalized spacial score (nSPS) is 10.5. The van der Waals surface area contributed by atoms with E-state index in [1.54, 1.807) is 6.92 Å². The van der Waals surface area contributed by atoms with Gasteiger partial charge < -0.3 is 0 Å². The molecule has 2 rings (SSSR count). The van der Waals surface area contributed by atoms with Gasteiger partial charge in [-0.1, -0.05) is 0 Å². The Labute approximate surface area is 113 Å². The standard InChI is InChI=1S/C8H5BrN4O2S2/c1-4-11-8(17-12-4)16-7-6(13(14)15)2-5(9)3-10-7/h2-3H,1H3. The molecule has 0 atom stereocenters. The van der Waals surface area contributed by atoms with Gasteiger partial charge in [0.1, 0.15) is 5.82 Å². The molecule has 17 heavy (non-hydrogen) atoms. The van der Waals surface area contributed by atoms with Crippen LogP contribution in [0, 0.1) is 17.0 Å². The van der Waals surface area contributed by atoms with Crippen molar-refractivity contribution in [2.45, 2.75) is 16.3 Å². The molecule has 0 radical (unpaired) electrons. The summed E-state index contributed by atoms with van der Waals surface area (Å²) >= 11 is 5.49. The molecule has 0 bridgehead atoms. The molecule has 0 amide bonds. The van der Waals surface area contributed by atoms with Crippen LogP contribution in [-0.4, -0.2) is 19.3 Å². The molecule has 2 heterocycles. The zero-order valence-electron chi connectivity index (χ0n) is 8.45. The van der Waals surface area contributed by atoms with Crippen molar-refractivity contribution in [3.8, 4) is 0 Å². The fourth-order valence-electron chi connectivity index (χ4n) is 1.03. The molecule has 0 fully saturated rings. The first-order valence-corrected chi connectivity index (χ1v) is 6.72. The number of aryl methyl sites for hydroxylation is 1. The Morgan fingerprint density at radius 2 is 2.35 bits per heavy atom. The minimum absolute atomic E-state index is 0.0442. The van der Waals surface area contributed by atoms with Crippen LogP contribution < -0.4 is 0 Å². The number of nitrogens with zero attached hydrogens (tertiary/aromatic N) is 4. The third kappa shape index (κ3) is 2.99. The molecule has 6 nitrogen and oxygen atoms in total.